The second-order valence-corrected chi connectivity index (χ2v) is 7.91. The van der Waals surface area contributed by atoms with Crippen LogP contribution in [0, 0.1) is 0 Å². The van der Waals surface area contributed by atoms with E-state index in [2.05, 4.69) is 26.5 Å². The van der Waals surface area contributed by atoms with Gasteiger partial charge >= 0.3 is 0 Å². The number of hydrogen-bond acceptors (Lipinski definition) is 5. The summed E-state index contributed by atoms with van der Waals surface area (Å²) in [6, 6.07) is 13.1. The van der Waals surface area contributed by atoms with Crippen molar-refractivity contribution in [2.24, 2.45) is 0 Å². The molecular weight excluding hydrogens is 400 g/mol. The fourth-order valence-corrected chi connectivity index (χ4v) is 3.94. The summed E-state index contributed by atoms with van der Waals surface area (Å²) in [4.78, 5) is 24.3. The molecule has 8 heteroatoms. The predicted molar refractivity (Wildman–Crippen MR) is 121 cm³/mol. The van der Waals surface area contributed by atoms with E-state index in [1.165, 1.54) is 0 Å². The molecular formula is C22H24N4O3S. The van der Waals surface area contributed by atoms with Crippen LogP contribution in [-0.2, 0) is 0 Å². The van der Waals surface area contributed by atoms with Gasteiger partial charge in [0.05, 0.1) is 36.8 Å². The number of ether oxygens (including phenoxy) is 2. The average Bonchev–Trinajstić information content (AvgIpc) is 3.39. The highest BCUT2D eigenvalue weighted by Gasteiger charge is 2.21. The van der Waals surface area contributed by atoms with Crippen molar-refractivity contribution in [3.63, 3.8) is 0 Å². The summed E-state index contributed by atoms with van der Waals surface area (Å²) in [7, 11) is 3.19. The average molecular weight is 425 g/mol. The van der Waals surface area contributed by atoms with Crippen molar-refractivity contribution in [1.82, 2.24) is 20.3 Å². The lowest BCUT2D eigenvalue weighted by Crippen LogP contribution is -2.30. The van der Waals surface area contributed by atoms with E-state index in [0.717, 1.165) is 39.9 Å². The fraction of sp³-hybridized carbons (Fsp3) is 0.273. The van der Waals surface area contributed by atoms with E-state index in [1.807, 2.05) is 30.3 Å². The Morgan fingerprint density at radius 3 is 2.73 bits per heavy atom. The summed E-state index contributed by atoms with van der Waals surface area (Å²) in [6.07, 6.45) is 2.82. The molecule has 0 aliphatic rings. The lowest BCUT2D eigenvalue weighted by atomic mass is 10.2. The third-order valence-electron chi connectivity index (χ3n) is 5.02. The molecule has 2 heterocycles. The molecule has 0 aliphatic carbocycles. The minimum Gasteiger partial charge on any atom is -0.497 e. The normalized spacial score (nSPS) is 12.2. The third kappa shape index (κ3) is 3.95. The number of rotatable bonds is 8. The van der Waals surface area contributed by atoms with Crippen molar-refractivity contribution in [3.05, 3.63) is 54.0 Å². The van der Waals surface area contributed by atoms with Crippen molar-refractivity contribution in [1.29, 1.82) is 0 Å². The Morgan fingerprint density at radius 2 is 2.00 bits per heavy atom. The minimum absolute atomic E-state index is 0.196. The van der Waals surface area contributed by atoms with Crippen molar-refractivity contribution in [2.75, 3.05) is 26.2 Å². The summed E-state index contributed by atoms with van der Waals surface area (Å²) >= 11 is 1.74. The van der Waals surface area contributed by atoms with Crippen molar-refractivity contribution in [2.45, 2.75) is 12.5 Å². The van der Waals surface area contributed by atoms with Crippen LogP contribution in [0.5, 0.6) is 11.5 Å². The zero-order valence-corrected chi connectivity index (χ0v) is 17.9. The van der Waals surface area contributed by atoms with Gasteiger partial charge in [-0.05, 0) is 42.7 Å². The van der Waals surface area contributed by atoms with Gasteiger partial charge in [-0.3, -0.25) is 4.79 Å². The van der Waals surface area contributed by atoms with Crippen LogP contribution >= 0.6 is 11.8 Å². The highest BCUT2D eigenvalue weighted by atomic mass is 32.2. The molecule has 0 spiro atoms. The number of carbonyl (C=O) groups is 1. The first-order valence-electron chi connectivity index (χ1n) is 9.62. The van der Waals surface area contributed by atoms with Gasteiger partial charge < -0.3 is 24.8 Å². The van der Waals surface area contributed by atoms with Gasteiger partial charge in [-0.2, -0.15) is 11.8 Å². The second kappa shape index (κ2) is 8.71. The number of thioether (sulfide) groups is 1. The van der Waals surface area contributed by atoms with E-state index in [-0.39, 0.29) is 11.9 Å². The topological polar surface area (TPSA) is 92.0 Å². The van der Waals surface area contributed by atoms with E-state index in [9.17, 15) is 4.79 Å². The second-order valence-electron chi connectivity index (χ2n) is 6.92. The number of methoxy groups -OCH3 is 2. The quantitative estimate of drug-likeness (QED) is 0.393. The molecule has 2 aromatic heterocycles. The number of amides is 1. The Kier molecular flexibility index (Phi) is 5.85. The monoisotopic (exact) mass is 424 g/mol. The largest absolute Gasteiger partial charge is 0.497 e. The molecule has 4 rings (SSSR count). The van der Waals surface area contributed by atoms with Gasteiger partial charge in [-0.1, -0.05) is 12.1 Å². The third-order valence-corrected chi connectivity index (χ3v) is 5.66. The van der Waals surface area contributed by atoms with Gasteiger partial charge in [0.2, 0.25) is 0 Å². The summed E-state index contributed by atoms with van der Waals surface area (Å²) in [5.74, 6) is 2.76. The number of H-pyrrole nitrogens is 2. The van der Waals surface area contributed by atoms with Crippen LogP contribution in [0.1, 0.15) is 28.8 Å². The fourth-order valence-electron chi connectivity index (χ4n) is 3.47. The van der Waals surface area contributed by atoms with E-state index in [1.54, 1.807) is 38.1 Å². The molecule has 2 aromatic carbocycles. The highest BCUT2D eigenvalue weighted by molar-refractivity contribution is 7.98. The Hall–Kier alpha value is -3.13. The number of fused-ring (bicyclic) bond motifs is 2. The molecule has 0 fully saturated rings. The Labute approximate surface area is 178 Å². The van der Waals surface area contributed by atoms with Crippen LogP contribution in [0.3, 0.4) is 0 Å². The SMILES string of the molecule is COc1cc(OC)c2[nH]c(C(=O)NC(CCSC)c3nc4ccccc4[nH]3)cc2c1. The van der Waals surface area contributed by atoms with E-state index >= 15 is 0 Å². The number of benzene rings is 2. The predicted octanol–water partition coefficient (Wildman–Crippen LogP) is 4.29. The van der Waals surface area contributed by atoms with Crippen molar-refractivity contribution in [3.8, 4) is 11.5 Å². The first-order chi connectivity index (χ1) is 14.6. The summed E-state index contributed by atoms with van der Waals surface area (Å²) in [5, 5.41) is 3.97. The Morgan fingerprint density at radius 1 is 1.17 bits per heavy atom. The van der Waals surface area contributed by atoms with E-state index in [0.29, 0.717) is 17.2 Å². The first-order valence-corrected chi connectivity index (χ1v) is 11.0. The van der Waals surface area contributed by atoms with Gasteiger partial charge in [-0.15, -0.1) is 0 Å². The van der Waals surface area contributed by atoms with Crippen LogP contribution < -0.4 is 14.8 Å². The van der Waals surface area contributed by atoms with Gasteiger partial charge in [0, 0.05) is 11.5 Å². The maximum atomic E-state index is 13.1. The van der Waals surface area contributed by atoms with Crippen LogP contribution in [0.25, 0.3) is 21.9 Å². The van der Waals surface area contributed by atoms with Crippen LogP contribution in [0.4, 0.5) is 0 Å². The number of nitrogens with zero attached hydrogens (tertiary/aromatic N) is 1. The molecule has 1 amide bonds. The number of nitrogens with one attached hydrogen (secondary N) is 3. The molecule has 30 heavy (non-hydrogen) atoms. The van der Waals surface area contributed by atoms with Crippen molar-refractivity contribution >= 4 is 39.6 Å². The summed E-state index contributed by atoms with van der Waals surface area (Å²) < 4.78 is 10.8. The number of hydrogen-bond donors (Lipinski definition) is 3. The van der Waals surface area contributed by atoms with Crippen LogP contribution in [0.15, 0.2) is 42.5 Å². The van der Waals surface area contributed by atoms with Crippen LogP contribution in [0.2, 0.25) is 0 Å². The molecule has 0 radical (unpaired) electrons. The minimum atomic E-state index is -0.222. The van der Waals surface area contributed by atoms with Crippen LogP contribution in [-0.4, -0.2) is 47.1 Å². The molecule has 156 valence electrons. The molecule has 0 saturated carbocycles. The molecule has 0 saturated heterocycles. The lowest BCUT2D eigenvalue weighted by molar-refractivity contribution is 0.0930. The van der Waals surface area contributed by atoms with Gasteiger partial charge in [-0.25, -0.2) is 4.98 Å². The lowest BCUT2D eigenvalue weighted by Gasteiger charge is -2.15. The number of carbonyl (C=O) groups excluding carboxylic acids is 1. The molecule has 7 nitrogen and oxygen atoms in total. The Bertz CT molecular complexity index is 1150. The summed E-state index contributed by atoms with van der Waals surface area (Å²) in [5.41, 5.74) is 3.06. The summed E-state index contributed by atoms with van der Waals surface area (Å²) in [6.45, 7) is 0. The number of para-hydroxylation sites is 2. The smallest absolute Gasteiger partial charge is 0.268 e. The van der Waals surface area contributed by atoms with Gasteiger partial charge in [0.15, 0.2) is 0 Å². The molecule has 0 bridgehead atoms. The maximum absolute atomic E-state index is 13.1. The molecule has 4 aromatic rings. The highest BCUT2D eigenvalue weighted by Crippen LogP contribution is 2.31. The molecule has 3 N–H and O–H groups in total. The zero-order chi connectivity index (χ0) is 21.1. The van der Waals surface area contributed by atoms with Gasteiger partial charge in [0.25, 0.3) is 5.91 Å². The number of aromatic amines is 2. The molecule has 1 atom stereocenters. The molecule has 0 aliphatic heterocycles. The van der Waals surface area contributed by atoms with Gasteiger partial charge in [0.1, 0.15) is 23.0 Å². The van der Waals surface area contributed by atoms with Crippen molar-refractivity contribution < 1.29 is 14.3 Å². The standard InChI is InChI=1S/C22H24N4O3S/c1-28-14-10-13-11-18(23-20(13)19(12-14)29-2)22(27)26-17(8-9-30-3)21-24-15-6-4-5-7-16(15)25-21/h4-7,10-12,17,23H,8-9H2,1-3H3,(H,24,25)(H,26,27). The van der Waals surface area contributed by atoms with E-state index in [4.69, 9.17) is 9.47 Å². The number of imidazole rings is 1. The first kappa shape index (κ1) is 20.2. The van der Waals surface area contributed by atoms with E-state index < -0.39 is 0 Å². The zero-order valence-electron chi connectivity index (χ0n) is 17.1. The number of aromatic nitrogens is 3. The Balaban J connectivity index is 1.63. The molecule has 1 unspecified atom stereocenters. The maximum Gasteiger partial charge on any atom is 0.268 e.